The van der Waals surface area contributed by atoms with Crippen molar-refractivity contribution in [2.45, 2.75) is 26.3 Å². The van der Waals surface area contributed by atoms with Gasteiger partial charge in [-0.3, -0.25) is 20.5 Å². The highest BCUT2D eigenvalue weighted by Gasteiger charge is 2.28. The van der Waals surface area contributed by atoms with E-state index in [0.717, 1.165) is 38.4 Å². The van der Waals surface area contributed by atoms with Gasteiger partial charge in [0.1, 0.15) is 6.29 Å². The predicted octanol–water partition coefficient (Wildman–Crippen LogP) is -0.230. The maximum atomic E-state index is 5.43. The van der Waals surface area contributed by atoms with Crippen molar-refractivity contribution in [3.63, 3.8) is 0 Å². The third-order valence-electron chi connectivity index (χ3n) is 3.31. The predicted molar refractivity (Wildman–Crippen MR) is 78.4 cm³/mol. The van der Waals surface area contributed by atoms with E-state index in [9.17, 15) is 0 Å². The van der Waals surface area contributed by atoms with Crippen LogP contribution in [0.1, 0.15) is 13.8 Å². The molecule has 6 heteroatoms. The van der Waals surface area contributed by atoms with Crippen molar-refractivity contribution < 1.29 is 4.74 Å². The number of nitrogens with zero attached hydrogens (tertiary/aromatic N) is 2. The average Bonchev–Trinajstić information content (AvgIpc) is 2.40. The first-order chi connectivity index (χ1) is 9.11. The fraction of sp³-hybridized carbons (Fsp3) is 0.846. The monoisotopic (exact) mass is 271 g/mol. The van der Waals surface area contributed by atoms with E-state index in [-0.39, 0.29) is 12.5 Å². The number of hydrogen-bond donors (Lipinski definition) is 3. The van der Waals surface area contributed by atoms with Gasteiger partial charge in [0.15, 0.2) is 0 Å². The van der Waals surface area contributed by atoms with E-state index in [2.05, 4.69) is 53.4 Å². The molecule has 0 aromatic heterocycles. The maximum Gasteiger partial charge on any atom is 0.128 e. The van der Waals surface area contributed by atoms with Crippen molar-refractivity contribution in [3.8, 4) is 0 Å². The van der Waals surface area contributed by atoms with Gasteiger partial charge in [0, 0.05) is 19.6 Å². The van der Waals surface area contributed by atoms with Gasteiger partial charge in [-0.15, -0.1) is 0 Å². The Hall–Kier alpha value is -0.500. The summed E-state index contributed by atoms with van der Waals surface area (Å²) in [7, 11) is 4.04. The first-order valence-corrected chi connectivity index (χ1v) is 6.96. The third-order valence-corrected chi connectivity index (χ3v) is 3.31. The minimum Gasteiger partial charge on any atom is -0.379 e. The molecule has 1 rings (SSSR count). The second-order valence-electron chi connectivity index (χ2n) is 4.90. The van der Waals surface area contributed by atoms with Gasteiger partial charge in [-0.2, -0.15) is 0 Å². The molecule has 1 heterocycles. The molecule has 2 unspecified atom stereocenters. The van der Waals surface area contributed by atoms with E-state index >= 15 is 0 Å². The van der Waals surface area contributed by atoms with Crippen molar-refractivity contribution in [3.05, 3.63) is 12.2 Å². The van der Waals surface area contributed by atoms with Gasteiger partial charge in [-0.1, -0.05) is 13.5 Å². The summed E-state index contributed by atoms with van der Waals surface area (Å²) in [5.41, 5.74) is 7.55. The number of hydrogen-bond acceptors (Lipinski definition) is 6. The van der Waals surface area contributed by atoms with Crippen LogP contribution in [0.2, 0.25) is 0 Å². The van der Waals surface area contributed by atoms with Crippen LogP contribution in [0, 0.1) is 0 Å². The number of morpholine rings is 1. The first-order valence-electron chi connectivity index (χ1n) is 6.96. The van der Waals surface area contributed by atoms with E-state index in [1.165, 1.54) is 0 Å². The zero-order chi connectivity index (χ0) is 14.3. The highest BCUT2D eigenvalue weighted by molar-refractivity contribution is 5.02. The molecular weight excluding hydrogens is 242 g/mol. The summed E-state index contributed by atoms with van der Waals surface area (Å²) >= 11 is 0. The van der Waals surface area contributed by atoms with Gasteiger partial charge in [-0.05, 0) is 26.6 Å². The fourth-order valence-corrected chi connectivity index (χ4v) is 2.46. The van der Waals surface area contributed by atoms with Gasteiger partial charge >= 0.3 is 0 Å². The molecule has 0 aliphatic carbocycles. The SMILES string of the molecule is C=C(C)C(N1CCOCC1)N(C)C(NC)NNCC. The van der Waals surface area contributed by atoms with Crippen molar-refractivity contribution in [1.29, 1.82) is 0 Å². The van der Waals surface area contributed by atoms with E-state index in [1.807, 2.05) is 7.05 Å². The van der Waals surface area contributed by atoms with Crippen LogP contribution < -0.4 is 16.2 Å². The first kappa shape index (κ1) is 16.6. The summed E-state index contributed by atoms with van der Waals surface area (Å²) in [5, 5.41) is 3.26. The zero-order valence-corrected chi connectivity index (χ0v) is 12.7. The van der Waals surface area contributed by atoms with E-state index < -0.39 is 0 Å². The minimum atomic E-state index is 0.0458. The lowest BCUT2D eigenvalue weighted by atomic mass is 10.2. The molecule has 19 heavy (non-hydrogen) atoms. The van der Waals surface area contributed by atoms with E-state index in [1.54, 1.807) is 0 Å². The molecule has 0 spiro atoms. The molecule has 0 bridgehead atoms. The van der Waals surface area contributed by atoms with E-state index in [0.29, 0.717) is 0 Å². The lowest BCUT2D eigenvalue weighted by Gasteiger charge is -2.43. The molecule has 0 amide bonds. The number of ether oxygens (including phenoxy) is 1. The minimum absolute atomic E-state index is 0.0458. The Morgan fingerprint density at radius 2 is 2.05 bits per heavy atom. The Bertz CT molecular complexity index is 268. The Balaban J connectivity index is 2.69. The second kappa shape index (κ2) is 8.63. The zero-order valence-electron chi connectivity index (χ0n) is 12.7. The standard InChI is InChI=1S/C13H29N5O/c1-6-15-16-13(14-4)17(5)12(11(2)3)18-7-9-19-10-8-18/h12-16H,2,6-10H2,1,3-5H3. The summed E-state index contributed by atoms with van der Waals surface area (Å²) in [4.78, 5) is 4.65. The van der Waals surface area contributed by atoms with Crippen molar-refractivity contribution in [2.75, 3.05) is 46.9 Å². The summed E-state index contributed by atoms with van der Waals surface area (Å²) in [6.45, 7) is 12.6. The van der Waals surface area contributed by atoms with Crippen LogP contribution in [-0.4, -0.2) is 69.2 Å². The average molecular weight is 271 g/mol. The molecule has 3 N–H and O–H groups in total. The number of rotatable bonds is 8. The lowest BCUT2D eigenvalue weighted by Crippen LogP contribution is -2.63. The van der Waals surface area contributed by atoms with Crippen molar-refractivity contribution in [2.24, 2.45) is 0 Å². The van der Waals surface area contributed by atoms with Gasteiger partial charge in [0.05, 0.1) is 19.4 Å². The fourth-order valence-electron chi connectivity index (χ4n) is 2.46. The Morgan fingerprint density at radius 1 is 1.42 bits per heavy atom. The summed E-state index contributed by atoms with van der Waals surface area (Å²) < 4.78 is 5.43. The van der Waals surface area contributed by atoms with Crippen LogP contribution in [0.3, 0.4) is 0 Å². The molecule has 0 saturated carbocycles. The Morgan fingerprint density at radius 3 is 2.53 bits per heavy atom. The summed E-state index contributed by atoms with van der Waals surface area (Å²) in [6, 6.07) is 0. The summed E-state index contributed by atoms with van der Waals surface area (Å²) in [5.74, 6) is 0. The van der Waals surface area contributed by atoms with Crippen LogP contribution in [0.15, 0.2) is 12.2 Å². The van der Waals surface area contributed by atoms with Crippen LogP contribution in [-0.2, 0) is 4.74 Å². The van der Waals surface area contributed by atoms with Crippen molar-refractivity contribution >= 4 is 0 Å². The lowest BCUT2D eigenvalue weighted by molar-refractivity contribution is -0.0340. The molecule has 6 nitrogen and oxygen atoms in total. The van der Waals surface area contributed by atoms with Gasteiger partial charge in [0.2, 0.25) is 0 Å². The normalized spacial score (nSPS) is 20.5. The Labute approximate surface area is 117 Å². The van der Waals surface area contributed by atoms with Gasteiger partial charge in [-0.25, -0.2) is 5.43 Å². The molecule has 2 atom stereocenters. The molecule has 1 saturated heterocycles. The third kappa shape index (κ3) is 4.83. The molecule has 0 radical (unpaired) electrons. The van der Waals surface area contributed by atoms with Crippen LogP contribution in [0.25, 0.3) is 0 Å². The van der Waals surface area contributed by atoms with Gasteiger partial charge in [0.25, 0.3) is 0 Å². The number of nitrogens with one attached hydrogen (secondary N) is 3. The molecule has 0 aromatic rings. The van der Waals surface area contributed by atoms with Crippen LogP contribution in [0.4, 0.5) is 0 Å². The quantitative estimate of drug-likeness (QED) is 0.322. The smallest absolute Gasteiger partial charge is 0.128 e. The Kier molecular flexibility index (Phi) is 7.52. The van der Waals surface area contributed by atoms with Crippen LogP contribution >= 0.6 is 0 Å². The molecule has 1 aliphatic heterocycles. The largest absolute Gasteiger partial charge is 0.379 e. The highest BCUT2D eigenvalue weighted by Crippen LogP contribution is 2.15. The number of likely N-dealkylation sites (N-methyl/N-ethyl adjacent to an activating group) is 1. The van der Waals surface area contributed by atoms with Crippen molar-refractivity contribution in [1.82, 2.24) is 26.0 Å². The van der Waals surface area contributed by atoms with E-state index in [4.69, 9.17) is 4.74 Å². The summed E-state index contributed by atoms with van der Waals surface area (Å²) in [6.07, 6.45) is 0.247. The highest BCUT2D eigenvalue weighted by atomic mass is 16.5. The molecular formula is C13H29N5O. The molecule has 1 fully saturated rings. The molecule has 0 aromatic carbocycles. The second-order valence-corrected chi connectivity index (χ2v) is 4.90. The molecule has 1 aliphatic rings. The topological polar surface area (TPSA) is 51.8 Å². The van der Waals surface area contributed by atoms with Gasteiger partial charge < -0.3 is 4.74 Å². The maximum absolute atomic E-state index is 5.43. The van der Waals surface area contributed by atoms with Crippen LogP contribution in [0.5, 0.6) is 0 Å². The number of hydrazine groups is 1. The molecule has 112 valence electrons.